The van der Waals surface area contributed by atoms with E-state index >= 15 is 0 Å². The number of nitrogens with one attached hydrogen (secondary N) is 2. The molecule has 0 aliphatic rings. The Bertz CT molecular complexity index is 674. The lowest BCUT2D eigenvalue weighted by Crippen LogP contribution is -2.25. The first kappa shape index (κ1) is 13.9. The minimum Gasteiger partial charge on any atom is -0.399 e. The van der Waals surface area contributed by atoms with Crippen LogP contribution in [0.5, 0.6) is 0 Å². The largest absolute Gasteiger partial charge is 0.399 e. The summed E-state index contributed by atoms with van der Waals surface area (Å²) >= 11 is 0. The number of sulfonamides is 1. The van der Waals surface area contributed by atoms with Gasteiger partial charge in [-0.1, -0.05) is 13.8 Å². The van der Waals surface area contributed by atoms with Crippen LogP contribution in [0.25, 0.3) is 10.9 Å². The number of anilines is 1. The van der Waals surface area contributed by atoms with E-state index in [4.69, 9.17) is 5.73 Å². The van der Waals surface area contributed by atoms with E-state index in [-0.39, 0.29) is 4.90 Å². The molecule has 0 atom stereocenters. The van der Waals surface area contributed by atoms with Crippen LogP contribution >= 0.6 is 0 Å². The first-order valence-electron chi connectivity index (χ1n) is 6.26. The number of benzene rings is 1. The number of rotatable bonds is 5. The summed E-state index contributed by atoms with van der Waals surface area (Å²) < 4.78 is 27.1. The van der Waals surface area contributed by atoms with Gasteiger partial charge in [0.15, 0.2) is 0 Å². The number of hydrogen-bond donors (Lipinski definition) is 3. The van der Waals surface area contributed by atoms with Crippen molar-refractivity contribution >= 4 is 26.6 Å². The van der Waals surface area contributed by atoms with E-state index in [0.717, 1.165) is 11.9 Å². The minimum absolute atomic E-state index is 0.249. The lowest BCUT2D eigenvalue weighted by molar-refractivity contribution is 0.552. The predicted molar refractivity (Wildman–Crippen MR) is 77.4 cm³/mol. The molecule has 104 valence electrons. The molecule has 1 heterocycles. The average molecular weight is 281 g/mol. The maximum atomic E-state index is 12.2. The van der Waals surface area contributed by atoms with E-state index in [1.807, 2.05) is 0 Å². The number of nitrogens with two attached hydrogens (primary N) is 1. The van der Waals surface area contributed by atoms with Crippen molar-refractivity contribution in [1.29, 1.82) is 0 Å². The van der Waals surface area contributed by atoms with Crippen LogP contribution in [0, 0.1) is 5.92 Å². The van der Waals surface area contributed by atoms with Gasteiger partial charge in [0, 0.05) is 29.3 Å². The Kier molecular flexibility index (Phi) is 3.82. The molecular formula is C13H19N3O2S. The highest BCUT2D eigenvalue weighted by Crippen LogP contribution is 2.24. The first-order chi connectivity index (χ1) is 8.90. The molecular weight excluding hydrogens is 262 g/mol. The molecule has 6 heteroatoms. The van der Waals surface area contributed by atoms with E-state index < -0.39 is 10.0 Å². The van der Waals surface area contributed by atoms with Gasteiger partial charge in [-0.15, -0.1) is 0 Å². The van der Waals surface area contributed by atoms with Crippen LogP contribution in [0.4, 0.5) is 5.69 Å². The van der Waals surface area contributed by atoms with Crippen molar-refractivity contribution in [3.63, 3.8) is 0 Å². The second kappa shape index (κ2) is 5.22. The molecule has 0 radical (unpaired) electrons. The summed E-state index contributed by atoms with van der Waals surface area (Å²) in [6.07, 6.45) is 2.31. The molecule has 0 amide bonds. The van der Waals surface area contributed by atoms with Crippen molar-refractivity contribution < 1.29 is 8.42 Å². The highest BCUT2D eigenvalue weighted by Gasteiger charge is 2.18. The zero-order chi connectivity index (χ0) is 14.0. The highest BCUT2D eigenvalue weighted by atomic mass is 32.2. The molecule has 0 bridgehead atoms. The zero-order valence-electron chi connectivity index (χ0n) is 11.1. The van der Waals surface area contributed by atoms with Gasteiger partial charge in [-0.05, 0) is 30.5 Å². The molecule has 1 aromatic heterocycles. The second-order valence-corrected chi connectivity index (χ2v) is 6.77. The maximum absolute atomic E-state index is 12.2. The molecule has 19 heavy (non-hydrogen) atoms. The fraction of sp³-hybridized carbons (Fsp3) is 0.385. The van der Waals surface area contributed by atoms with Gasteiger partial charge in [-0.3, -0.25) is 0 Å². The Morgan fingerprint density at radius 1 is 1.37 bits per heavy atom. The smallest absolute Gasteiger partial charge is 0.242 e. The highest BCUT2D eigenvalue weighted by molar-refractivity contribution is 7.89. The normalized spacial score (nSPS) is 12.4. The van der Waals surface area contributed by atoms with Gasteiger partial charge in [0.1, 0.15) is 4.90 Å². The average Bonchev–Trinajstić information content (AvgIpc) is 2.71. The van der Waals surface area contributed by atoms with Gasteiger partial charge in [-0.25, -0.2) is 13.1 Å². The molecule has 0 saturated heterocycles. The quantitative estimate of drug-likeness (QED) is 0.733. The second-order valence-electron chi connectivity index (χ2n) is 5.04. The van der Waals surface area contributed by atoms with E-state index in [1.165, 1.54) is 6.20 Å². The molecule has 0 saturated carbocycles. The molecule has 0 aliphatic heterocycles. The van der Waals surface area contributed by atoms with Gasteiger partial charge >= 0.3 is 0 Å². The summed E-state index contributed by atoms with van der Waals surface area (Å²) in [5, 5.41) is 0.622. The molecule has 0 unspecified atom stereocenters. The molecule has 0 fully saturated rings. The molecule has 1 aromatic carbocycles. The lowest BCUT2D eigenvalue weighted by Gasteiger charge is -2.07. The first-order valence-corrected chi connectivity index (χ1v) is 7.75. The summed E-state index contributed by atoms with van der Waals surface area (Å²) in [4.78, 5) is 3.19. The van der Waals surface area contributed by atoms with Gasteiger partial charge in [0.25, 0.3) is 0 Å². The standard InChI is InChI=1S/C13H19N3O2S/c1-9(2)5-6-16-19(17,18)13-8-15-12-4-3-10(14)7-11(12)13/h3-4,7-9,15-16H,5-6,14H2,1-2H3. The number of hydrogen-bond acceptors (Lipinski definition) is 3. The van der Waals surface area contributed by atoms with Crippen molar-refractivity contribution in [3.05, 3.63) is 24.4 Å². The van der Waals surface area contributed by atoms with Crippen LogP contribution in [0.2, 0.25) is 0 Å². The van der Waals surface area contributed by atoms with E-state index in [1.54, 1.807) is 18.2 Å². The number of fused-ring (bicyclic) bond motifs is 1. The van der Waals surface area contributed by atoms with E-state index in [0.29, 0.717) is 23.5 Å². The van der Waals surface area contributed by atoms with Crippen molar-refractivity contribution in [1.82, 2.24) is 9.71 Å². The monoisotopic (exact) mass is 281 g/mol. The van der Waals surface area contributed by atoms with Crippen LogP contribution < -0.4 is 10.5 Å². The molecule has 2 rings (SSSR count). The SMILES string of the molecule is CC(C)CCNS(=O)(=O)c1c[nH]c2ccc(N)cc12. The molecule has 5 nitrogen and oxygen atoms in total. The minimum atomic E-state index is -3.49. The third-order valence-electron chi connectivity index (χ3n) is 2.97. The topological polar surface area (TPSA) is 88.0 Å². The van der Waals surface area contributed by atoms with Crippen molar-refractivity contribution in [3.8, 4) is 0 Å². The lowest BCUT2D eigenvalue weighted by atomic mass is 10.1. The van der Waals surface area contributed by atoms with E-state index in [9.17, 15) is 8.42 Å². The molecule has 2 aromatic rings. The number of H-pyrrole nitrogens is 1. The third-order valence-corrected chi connectivity index (χ3v) is 4.47. The van der Waals surface area contributed by atoms with Crippen molar-refractivity contribution in [2.75, 3.05) is 12.3 Å². The number of aromatic amines is 1. The van der Waals surface area contributed by atoms with E-state index in [2.05, 4.69) is 23.6 Å². The maximum Gasteiger partial charge on any atom is 0.242 e. The van der Waals surface area contributed by atoms with Gasteiger partial charge < -0.3 is 10.7 Å². The third kappa shape index (κ3) is 3.08. The zero-order valence-corrected chi connectivity index (χ0v) is 11.9. The predicted octanol–water partition coefficient (Wildman–Crippen LogP) is 2.07. The Morgan fingerprint density at radius 3 is 2.79 bits per heavy atom. The van der Waals surface area contributed by atoms with Crippen LogP contribution in [-0.4, -0.2) is 19.9 Å². The summed E-state index contributed by atoms with van der Waals surface area (Å²) in [6, 6.07) is 5.18. The summed E-state index contributed by atoms with van der Waals surface area (Å²) in [6.45, 7) is 4.55. The fourth-order valence-corrected chi connectivity index (χ4v) is 3.11. The summed E-state index contributed by atoms with van der Waals surface area (Å²) in [5.74, 6) is 0.460. The Balaban J connectivity index is 2.30. The van der Waals surface area contributed by atoms with Gasteiger partial charge in [0.05, 0.1) is 0 Å². The van der Waals surface area contributed by atoms with Crippen LogP contribution in [0.3, 0.4) is 0 Å². The Hall–Kier alpha value is -1.53. The molecule has 4 N–H and O–H groups in total. The van der Waals surface area contributed by atoms with Crippen LogP contribution in [0.1, 0.15) is 20.3 Å². The Labute approximate surface area is 113 Å². The fourth-order valence-electron chi connectivity index (χ4n) is 1.89. The summed E-state index contributed by atoms with van der Waals surface area (Å²) in [5.41, 5.74) is 7.02. The molecule has 0 aliphatic carbocycles. The Morgan fingerprint density at radius 2 is 2.11 bits per heavy atom. The van der Waals surface area contributed by atoms with Gasteiger partial charge in [-0.2, -0.15) is 0 Å². The van der Waals surface area contributed by atoms with Gasteiger partial charge in [0.2, 0.25) is 10.0 Å². The van der Waals surface area contributed by atoms with Crippen LogP contribution in [-0.2, 0) is 10.0 Å². The number of aromatic nitrogens is 1. The van der Waals surface area contributed by atoms with Crippen molar-refractivity contribution in [2.45, 2.75) is 25.2 Å². The van der Waals surface area contributed by atoms with Crippen molar-refractivity contribution in [2.24, 2.45) is 5.92 Å². The molecule has 0 spiro atoms. The summed E-state index contributed by atoms with van der Waals surface area (Å²) in [7, 11) is -3.49. The van der Waals surface area contributed by atoms with Crippen LogP contribution in [0.15, 0.2) is 29.3 Å². The number of nitrogen functional groups attached to an aromatic ring is 1.